The van der Waals surface area contributed by atoms with E-state index in [4.69, 9.17) is 14.9 Å². The zero-order valence-corrected chi connectivity index (χ0v) is 20.3. The van der Waals surface area contributed by atoms with E-state index < -0.39 is 12.1 Å². The SMILES string of the molecule is O=C([O-])C(F)(F)F.[NH3+]Cc1ccc(-c2nc3c(-c4ccccc4O)c[nH]c(=O)c3cc2-c2ccccc2)cc1. The van der Waals surface area contributed by atoms with E-state index in [9.17, 15) is 23.1 Å². The maximum absolute atomic E-state index is 12.8. The standard InChI is InChI=1S/C27H21N3O2.C2HF3O2/c28-15-17-10-12-19(13-11-17)25-21(18-6-2-1-3-7-18)14-22-26(30-25)23(16-29-27(22)32)20-8-4-5-9-24(20)31;3-2(4,5)1(6)7/h1-14,16,31H,15,28H2,(H,29,32);(H,6,7). The van der Waals surface area contributed by atoms with E-state index >= 15 is 0 Å². The lowest BCUT2D eigenvalue weighted by Crippen LogP contribution is -2.47. The van der Waals surface area contributed by atoms with Crippen molar-refractivity contribution in [3.8, 4) is 39.3 Å². The molecule has 0 aliphatic heterocycles. The normalized spacial score (nSPS) is 11.1. The Morgan fingerprint density at radius 1 is 0.897 bits per heavy atom. The molecule has 0 amide bonds. The van der Waals surface area contributed by atoms with Gasteiger partial charge in [0.1, 0.15) is 11.7 Å². The van der Waals surface area contributed by atoms with Crippen molar-refractivity contribution in [3.05, 3.63) is 107 Å². The number of aromatic amines is 1. The van der Waals surface area contributed by atoms with Crippen molar-refractivity contribution in [2.45, 2.75) is 12.7 Å². The van der Waals surface area contributed by atoms with Crippen LogP contribution in [-0.4, -0.2) is 27.2 Å². The first-order valence-electron chi connectivity index (χ1n) is 11.7. The quantitative estimate of drug-likeness (QED) is 0.324. The van der Waals surface area contributed by atoms with Gasteiger partial charge in [-0.2, -0.15) is 13.2 Å². The number of H-pyrrole nitrogens is 1. The molecule has 2 aromatic heterocycles. The number of fused-ring (bicyclic) bond motifs is 1. The fourth-order valence-electron chi connectivity index (χ4n) is 3.97. The number of halogens is 3. The van der Waals surface area contributed by atoms with Crippen LogP contribution in [0.5, 0.6) is 5.75 Å². The summed E-state index contributed by atoms with van der Waals surface area (Å²) in [6, 6.07) is 27.0. The lowest BCUT2D eigenvalue weighted by Gasteiger charge is -2.14. The minimum Gasteiger partial charge on any atom is -0.542 e. The number of quaternary nitrogens is 1. The highest BCUT2D eigenvalue weighted by atomic mass is 19.4. The van der Waals surface area contributed by atoms with E-state index in [-0.39, 0.29) is 11.3 Å². The summed E-state index contributed by atoms with van der Waals surface area (Å²) in [5.74, 6) is -2.87. The summed E-state index contributed by atoms with van der Waals surface area (Å²) < 4.78 is 31.5. The minimum atomic E-state index is -5.19. The molecule has 0 bridgehead atoms. The van der Waals surface area contributed by atoms with E-state index in [1.807, 2.05) is 72.8 Å². The first-order valence-corrected chi connectivity index (χ1v) is 11.7. The summed E-state index contributed by atoms with van der Waals surface area (Å²) in [6.45, 7) is 0.712. The number of para-hydroxylation sites is 1. The van der Waals surface area contributed by atoms with Crippen molar-refractivity contribution in [1.29, 1.82) is 0 Å². The Labute approximate surface area is 220 Å². The Kier molecular flexibility index (Phi) is 7.78. The third-order valence-corrected chi connectivity index (χ3v) is 5.90. The predicted molar refractivity (Wildman–Crippen MR) is 138 cm³/mol. The van der Waals surface area contributed by atoms with Crippen molar-refractivity contribution in [2.75, 3.05) is 0 Å². The molecule has 0 aliphatic rings. The molecule has 2 heterocycles. The minimum absolute atomic E-state index is 0.135. The molecule has 0 aliphatic carbocycles. The third-order valence-electron chi connectivity index (χ3n) is 5.90. The number of hydrogen-bond donors (Lipinski definition) is 3. The number of pyridine rings is 2. The molecule has 0 saturated carbocycles. The number of alkyl halides is 3. The number of hydrogen-bond acceptors (Lipinski definition) is 5. The van der Waals surface area contributed by atoms with Gasteiger partial charge in [-0.15, -0.1) is 0 Å². The number of rotatable bonds is 4. The van der Waals surface area contributed by atoms with E-state index in [0.717, 1.165) is 27.9 Å². The highest BCUT2D eigenvalue weighted by molar-refractivity contribution is 5.99. The highest BCUT2D eigenvalue weighted by Crippen LogP contribution is 2.37. The molecule has 3 aromatic carbocycles. The Morgan fingerprint density at radius 2 is 1.51 bits per heavy atom. The predicted octanol–water partition coefficient (Wildman–Crippen LogP) is 3.67. The van der Waals surface area contributed by atoms with Crippen LogP contribution in [0, 0.1) is 0 Å². The van der Waals surface area contributed by atoms with Crippen molar-refractivity contribution in [2.24, 2.45) is 0 Å². The molecular weight excluding hydrogens is 511 g/mol. The second kappa shape index (κ2) is 11.2. The number of carbonyl (C=O) groups is 1. The number of benzene rings is 3. The largest absolute Gasteiger partial charge is 0.542 e. The van der Waals surface area contributed by atoms with Gasteiger partial charge in [0.05, 0.1) is 23.1 Å². The Bertz CT molecular complexity index is 1680. The van der Waals surface area contributed by atoms with Gasteiger partial charge in [-0.1, -0.05) is 72.8 Å². The van der Waals surface area contributed by atoms with E-state index in [1.165, 1.54) is 0 Å². The second-order valence-electron chi connectivity index (χ2n) is 8.43. The van der Waals surface area contributed by atoms with Gasteiger partial charge in [-0.3, -0.25) is 4.79 Å². The highest BCUT2D eigenvalue weighted by Gasteiger charge is 2.28. The van der Waals surface area contributed by atoms with Crippen LogP contribution in [0.2, 0.25) is 0 Å². The van der Waals surface area contributed by atoms with Crippen LogP contribution in [0.4, 0.5) is 13.2 Å². The fourth-order valence-corrected chi connectivity index (χ4v) is 3.97. The molecule has 0 radical (unpaired) electrons. The number of carbonyl (C=O) groups excluding carboxylic acids is 1. The Morgan fingerprint density at radius 3 is 2.10 bits per heavy atom. The maximum Gasteiger partial charge on any atom is 0.430 e. The summed E-state index contributed by atoms with van der Waals surface area (Å²) in [5, 5.41) is 19.7. The lowest BCUT2D eigenvalue weighted by atomic mass is 9.95. The van der Waals surface area contributed by atoms with Crippen LogP contribution in [0.3, 0.4) is 0 Å². The smallest absolute Gasteiger partial charge is 0.430 e. The van der Waals surface area contributed by atoms with Crippen molar-refractivity contribution < 1.29 is 33.9 Å². The summed E-state index contributed by atoms with van der Waals surface area (Å²) in [5.41, 5.74) is 10.3. The molecule has 5 rings (SSSR count). The van der Waals surface area contributed by atoms with Crippen molar-refractivity contribution in [3.63, 3.8) is 0 Å². The molecule has 0 spiro atoms. The second-order valence-corrected chi connectivity index (χ2v) is 8.43. The molecule has 39 heavy (non-hydrogen) atoms. The fraction of sp³-hybridized carbons (Fsp3) is 0.0690. The van der Waals surface area contributed by atoms with Crippen LogP contribution in [0.15, 0.2) is 95.9 Å². The Balaban J connectivity index is 0.000000448. The van der Waals surface area contributed by atoms with Gasteiger partial charge in [-0.25, -0.2) is 4.98 Å². The summed E-state index contributed by atoms with van der Waals surface area (Å²) in [6.07, 6.45) is -3.58. The first-order chi connectivity index (χ1) is 18.6. The average Bonchev–Trinajstić information content (AvgIpc) is 2.94. The molecule has 198 valence electrons. The first kappa shape index (κ1) is 27.1. The van der Waals surface area contributed by atoms with E-state index in [1.54, 1.807) is 18.3 Å². The molecule has 0 unspecified atom stereocenters. The number of nitrogens with one attached hydrogen (secondary N) is 1. The number of aromatic nitrogens is 2. The third kappa shape index (κ3) is 5.97. The molecule has 7 nitrogen and oxygen atoms in total. The maximum atomic E-state index is 12.8. The molecule has 10 heteroatoms. The molecular formula is C29H22F3N3O4. The number of phenolic OH excluding ortho intramolecular Hbond substituents is 1. The van der Waals surface area contributed by atoms with Gasteiger partial charge in [0, 0.05) is 34.0 Å². The van der Waals surface area contributed by atoms with Gasteiger partial charge < -0.3 is 25.7 Å². The van der Waals surface area contributed by atoms with Gasteiger partial charge in [0.25, 0.3) is 5.56 Å². The zero-order chi connectivity index (χ0) is 28.2. The van der Waals surface area contributed by atoms with Crippen LogP contribution < -0.4 is 16.4 Å². The number of carboxylic acid groups (broad SMARTS) is 1. The average molecular weight is 534 g/mol. The molecule has 5 aromatic rings. The molecule has 0 fully saturated rings. The number of aromatic hydroxyl groups is 1. The summed E-state index contributed by atoms with van der Waals surface area (Å²) in [7, 11) is 0. The molecule has 0 atom stereocenters. The van der Waals surface area contributed by atoms with E-state index in [2.05, 4.69) is 10.7 Å². The monoisotopic (exact) mass is 533 g/mol. The topological polar surface area (TPSA) is 134 Å². The van der Waals surface area contributed by atoms with E-state index in [0.29, 0.717) is 28.6 Å². The van der Waals surface area contributed by atoms with Gasteiger partial charge in [0.15, 0.2) is 0 Å². The van der Waals surface area contributed by atoms with Gasteiger partial charge in [-0.05, 0) is 17.7 Å². The molecule has 5 N–H and O–H groups in total. The van der Waals surface area contributed by atoms with Crippen LogP contribution in [0.1, 0.15) is 5.56 Å². The molecule has 0 saturated heterocycles. The summed E-state index contributed by atoms with van der Waals surface area (Å²) >= 11 is 0. The van der Waals surface area contributed by atoms with Crippen molar-refractivity contribution >= 4 is 16.9 Å². The van der Waals surface area contributed by atoms with Crippen molar-refractivity contribution in [1.82, 2.24) is 9.97 Å². The van der Waals surface area contributed by atoms with Crippen LogP contribution in [-0.2, 0) is 11.3 Å². The summed E-state index contributed by atoms with van der Waals surface area (Å²) in [4.78, 5) is 29.4. The number of nitrogens with zero attached hydrogens (tertiary/aromatic N) is 1. The van der Waals surface area contributed by atoms with Crippen LogP contribution in [0.25, 0.3) is 44.4 Å². The zero-order valence-electron chi connectivity index (χ0n) is 20.3. The lowest BCUT2D eigenvalue weighted by molar-refractivity contribution is -0.386. The van der Waals surface area contributed by atoms with Crippen LogP contribution >= 0.6 is 0 Å². The number of carboxylic acids is 1. The number of phenols is 1. The van der Waals surface area contributed by atoms with Gasteiger partial charge >= 0.3 is 6.18 Å². The van der Waals surface area contributed by atoms with Gasteiger partial charge in [0.2, 0.25) is 0 Å². The number of aliphatic carboxylic acids is 1. The Hall–Kier alpha value is -4.96.